The fourth-order valence-electron chi connectivity index (χ4n) is 2.07. The Balaban J connectivity index is 2.02. The molecule has 1 atom stereocenters. The summed E-state index contributed by atoms with van der Waals surface area (Å²) in [4.78, 5) is 2.69. The van der Waals surface area contributed by atoms with E-state index in [2.05, 4.69) is 25.2 Å². The summed E-state index contributed by atoms with van der Waals surface area (Å²) < 4.78 is 0. The van der Waals surface area contributed by atoms with E-state index in [1.54, 1.807) is 0 Å². The van der Waals surface area contributed by atoms with Gasteiger partial charge in [-0.15, -0.1) is 11.3 Å². The minimum Gasteiger partial charge on any atom is -0.394 e. The maximum atomic E-state index is 9.47. The highest BCUT2D eigenvalue weighted by Gasteiger charge is 2.10. The molecule has 0 saturated heterocycles. The van der Waals surface area contributed by atoms with Gasteiger partial charge in [0.05, 0.1) is 12.6 Å². The summed E-state index contributed by atoms with van der Waals surface area (Å²) in [7, 11) is 0. The van der Waals surface area contributed by atoms with Crippen molar-refractivity contribution in [2.24, 2.45) is 0 Å². The van der Waals surface area contributed by atoms with Crippen LogP contribution in [0, 0.1) is 13.8 Å². The smallest absolute Gasteiger partial charge is 0.0626 e. The third-order valence-electron chi connectivity index (χ3n) is 3.07. The molecule has 1 heterocycles. The minimum absolute atomic E-state index is 0.00538. The molecule has 2 aromatic rings. The van der Waals surface area contributed by atoms with E-state index >= 15 is 0 Å². The predicted octanol–water partition coefficient (Wildman–Crippen LogP) is 3.19. The Morgan fingerprint density at radius 3 is 2.50 bits per heavy atom. The molecule has 2 nitrogen and oxygen atoms in total. The summed E-state index contributed by atoms with van der Waals surface area (Å²) in [5, 5.41) is 12.9. The third kappa shape index (κ3) is 3.19. The van der Waals surface area contributed by atoms with Crippen LogP contribution >= 0.6 is 11.3 Å². The van der Waals surface area contributed by atoms with Crippen molar-refractivity contribution in [1.29, 1.82) is 0 Å². The average molecular weight is 261 g/mol. The van der Waals surface area contributed by atoms with Crippen LogP contribution in [0.2, 0.25) is 0 Å². The van der Waals surface area contributed by atoms with Crippen molar-refractivity contribution in [3.8, 4) is 0 Å². The number of hydrogen-bond acceptors (Lipinski definition) is 3. The largest absolute Gasteiger partial charge is 0.394 e. The van der Waals surface area contributed by atoms with Gasteiger partial charge in [0.1, 0.15) is 0 Å². The van der Waals surface area contributed by atoms with E-state index in [-0.39, 0.29) is 12.6 Å². The molecule has 0 unspecified atom stereocenters. The van der Waals surface area contributed by atoms with E-state index in [1.165, 1.54) is 15.3 Å². The molecule has 2 N–H and O–H groups in total. The Kier molecular flexibility index (Phi) is 4.53. The van der Waals surface area contributed by atoms with Gasteiger partial charge in [-0.05, 0) is 31.0 Å². The molecule has 2 rings (SSSR count). The van der Waals surface area contributed by atoms with Crippen molar-refractivity contribution < 1.29 is 5.11 Å². The van der Waals surface area contributed by atoms with Crippen LogP contribution in [0.1, 0.15) is 26.9 Å². The van der Waals surface area contributed by atoms with Crippen LogP contribution in [0.3, 0.4) is 0 Å². The van der Waals surface area contributed by atoms with Gasteiger partial charge in [0, 0.05) is 16.3 Å². The van der Waals surface area contributed by atoms with Crippen LogP contribution in [0.4, 0.5) is 0 Å². The predicted molar refractivity (Wildman–Crippen MR) is 76.9 cm³/mol. The number of hydrogen-bond donors (Lipinski definition) is 2. The topological polar surface area (TPSA) is 32.3 Å². The summed E-state index contributed by atoms with van der Waals surface area (Å²) in [5.74, 6) is 0. The summed E-state index contributed by atoms with van der Waals surface area (Å²) >= 11 is 1.82. The van der Waals surface area contributed by atoms with E-state index < -0.39 is 0 Å². The number of benzene rings is 1. The second-order valence-corrected chi connectivity index (χ2v) is 5.93. The number of aliphatic hydroxyl groups excluding tert-OH is 1. The number of nitrogens with one attached hydrogen (secondary N) is 1. The Labute approximate surface area is 112 Å². The molecule has 1 aromatic heterocycles. The maximum absolute atomic E-state index is 9.47. The van der Waals surface area contributed by atoms with Gasteiger partial charge in [0.2, 0.25) is 0 Å². The molecule has 1 aromatic carbocycles. The van der Waals surface area contributed by atoms with Gasteiger partial charge in [0.25, 0.3) is 0 Å². The van der Waals surface area contributed by atoms with Crippen molar-refractivity contribution in [3.63, 3.8) is 0 Å². The fraction of sp³-hybridized carbons (Fsp3) is 0.333. The van der Waals surface area contributed by atoms with Crippen LogP contribution in [-0.2, 0) is 6.54 Å². The van der Waals surface area contributed by atoms with E-state index in [1.807, 2.05) is 41.7 Å². The van der Waals surface area contributed by atoms with Crippen molar-refractivity contribution >= 4 is 11.3 Å². The molecular weight excluding hydrogens is 242 g/mol. The lowest BCUT2D eigenvalue weighted by Crippen LogP contribution is -2.23. The zero-order chi connectivity index (χ0) is 13.0. The van der Waals surface area contributed by atoms with E-state index in [4.69, 9.17) is 0 Å². The summed E-state index contributed by atoms with van der Waals surface area (Å²) in [6, 6.07) is 12.3. The zero-order valence-electron chi connectivity index (χ0n) is 10.8. The molecule has 0 bridgehead atoms. The van der Waals surface area contributed by atoms with Gasteiger partial charge in [-0.3, -0.25) is 0 Å². The Morgan fingerprint density at radius 1 is 1.22 bits per heavy atom. The molecule has 0 aliphatic carbocycles. The molecule has 0 fully saturated rings. The van der Waals surface area contributed by atoms with E-state index in [0.29, 0.717) is 0 Å². The number of rotatable bonds is 5. The van der Waals surface area contributed by atoms with Gasteiger partial charge in [0.15, 0.2) is 0 Å². The molecule has 0 aliphatic heterocycles. The van der Waals surface area contributed by atoms with Crippen LogP contribution in [0.15, 0.2) is 36.4 Å². The van der Waals surface area contributed by atoms with Gasteiger partial charge in [-0.2, -0.15) is 0 Å². The Bertz CT molecular complexity index is 492. The number of aliphatic hydroxyl groups is 1. The highest BCUT2D eigenvalue weighted by Crippen LogP contribution is 2.21. The highest BCUT2D eigenvalue weighted by atomic mass is 32.1. The molecule has 0 spiro atoms. The Hall–Kier alpha value is -1.16. The lowest BCUT2D eigenvalue weighted by Gasteiger charge is -2.16. The quantitative estimate of drug-likeness (QED) is 0.866. The number of thiophene rings is 1. The lowest BCUT2D eigenvalue weighted by atomic mass is 10.1. The van der Waals surface area contributed by atoms with Gasteiger partial charge < -0.3 is 10.4 Å². The van der Waals surface area contributed by atoms with Crippen LogP contribution in [-0.4, -0.2) is 11.7 Å². The monoisotopic (exact) mass is 261 g/mol. The minimum atomic E-state index is 0.00538. The molecule has 0 saturated carbocycles. The van der Waals surface area contributed by atoms with E-state index in [0.717, 1.165) is 12.1 Å². The van der Waals surface area contributed by atoms with Gasteiger partial charge >= 0.3 is 0 Å². The molecule has 3 heteroatoms. The van der Waals surface area contributed by atoms with Gasteiger partial charge in [-0.1, -0.05) is 30.3 Å². The highest BCUT2D eigenvalue weighted by molar-refractivity contribution is 7.12. The zero-order valence-corrected chi connectivity index (χ0v) is 11.6. The SMILES string of the molecule is Cc1cc(CN[C@H](CO)c2ccccc2)c(C)s1. The first-order valence-corrected chi connectivity index (χ1v) is 6.97. The standard InChI is InChI=1S/C15H19NOS/c1-11-8-14(12(2)18-11)9-16-15(10-17)13-6-4-3-5-7-13/h3-8,15-17H,9-10H2,1-2H3/t15-/m1/s1. The summed E-state index contributed by atoms with van der Waals surface area (Å²) in [6.07, 6.45) is 0. The van der Waals surface area contributed by atoms with E-state index in [9.17, 15) is 5.11 Å². The maximum Gasteiger partial charge on any atom is 0.0626 e. The fourth-order valence-corrected chi connectivity index (χ4v) is 3.01. The van der Waals surface area contributed by atoms with Crippen molar-refractivity contribution in [3.05, 3.63) is 57.3 Å². The molecule has 0 aliphatic rings. The van der Waals surface area contributed by atoms with Crippen LogP contribution in [0.5, 0.6) is 0 Å². The van der Waals surface area contributed by atoms with Crippen LogP contribution in [0.25, 0.3) is 0 Å². The second-order valence-electron chi connectivity index (χ2n) is 4.47. The van der Waals surface area contributed by atoms with Crippen molar-refractivity contribution in [1.82, 2.24) is 5.32 Å². The summed E-state index contributed by atoms with van der Waals surface area (Å²) in [5.41, 5.74) is 2.46. The second kappa shape index (κ2) is 6.14. The Morgan fingerprint density at radius 2 is 1.94 bits per heavy atom. The first-order valence-electron chi connectivity index (χ1n) is 6.16. The van der Waals surface area contributed by atoms with Crippen molar-refractivity contribution in [2.75, 3.05) is 6.61 Å². The average Bonchev–Trinajstić information content (AvgIpc) is 2.70. The normalized spacial score (nSPS) is 12.6. The molecular formula is C15H19NOS. The third-order valence-corrected chi connectivity index (χ3v) is 4.08. The summed E-state index contributed by atoms with van der Waals surface area (Å²) in [6.45, 7) is 5.19. The number of aryl methyl sites for hydroxylation is 2. The molecule has 0 radical (unpaired) electrons. The first kappa shape index (κ1) is 13.3. The van der Waals surface area contributed by atoms with Crippen LogP contribution < -0.4 is 5.32 Å². The molecule has 18 heavy (non-hydrogen) atoms. The lowest BCUT2D eigenvalue weighted by molar-refractivity contribution is 0.243. The van der Waals surface area contributed by atoms with Crippen molar-refractivity contribution in [2.45, 2.75) is 26.4 Å². The molecule has 0 amide bonds. The molecule has 96 valence electrons. The first-order chi connectivity index (χ1) is 8.70. The van der Waals surface area contributed by atoms with Gasteiger partial charge in [-0.25, -0.2) is 0 Å².